The molecule has 0 unspecified atom stereocenters. The van der Waals surface area contributed by atoms with Crippen molar-refractivity contribution >= 4 is 12.0 Å². The summed E-state index contributed by atoms with van der Waals surface area (Å²) in [5.41, 5.74) is -1.01. The summed E-state index contributed by atoms with van der Waals surface area (Å²) in [7, 11) is 0. The Morgan fingerprint density at radius 3 is 2.50 bits per heavy atom. The molecule has 2 amide bonds. The van der Waals surface area contributed by atoms with Gasteiger partial charge in [-0.05, 0) is 71.6 Å². The van der Waals surface area contributed by atoms with Crippen molar-refractivity contribution in [3.05, 3.63) is 0 Å². The molecule has 0 spiro atoms. The summed E-state index contributed by atoms with van der Waals surface area (Å²) in [5, 5.41) is 13.7. The van der Waals surface area contributed by atoms with Crippen LogP contribution in [0.1, 0.15) is 78.6 Å². The van der Waals surface area contributed by atoms with Crippen molar-refractivity contribution in [2.24, 2.45) is 17.8 Å². The van der Waals surface area contributed by atoms with Gasteiger partial charge in [0.25, 0.3) is 0 Å². The van der Waals surface area contributed by atoms with E-state index in [1.807, 2.05) is 25.7 Å². The number of fused-ring (bicyclic) bond motifs is 1. The lowest BCUT2D eigenvalue weighted by atomic mass is 9.71. The third-order valence-electron chi connectivity index (χ3n) is 6.87. The van der Waals surface area contributed by atoms with Crippen LogP contribution in [-0.2, 0) is 9.53 Å². The lowest BCUT2D eigenvalue weighted by Crippen LogP contribution is -2.55. The molecule has 6 nitrogen and oxygen atoms in total. The molecule has 3 rings (SSSR count). The number of hydrogen-bond acceptors (Lipinski definition) is 4. The summed E-state index contributed by atoms with van der Waals surface area (Å²) < 4.78 is 5.29. The Labute approximate surface area is 169 Å². The van der Waals surface area contributed by atoms with Gasteiger partial charge in [-0.15, -0.1) is 0 Å². The highest BCUT2D eigenvalue weighted by atomic mass is 16.6. The molecule has 0 aromatic rings. The number of likely N-dealkylation sites (tertiary alicyclic amines) is 1. The molecule has 0 bridgehead atoms. The first-order valence-corrected chi connectivity index (χ1v) is 11.1. The lowest BCUT2D eigenvalue weighted by Gasteiger charge is -2.48. The largest absolute Gasteiger partial charge is 0.444 e. The van der Waals surface area contributed by atoms with Crippen molar-refractivity contribution in [2.75, 3.05) is 19.6 Å². The lowest BCUT2D eigenvalue weighted by molar-refractivity contribution is -0.148. The van der Waals surface area contributed by atoms with Crippen LogP contribution in [-0.4, -0.2) is 52.8 Å². The molecular weight excluding hydrogens is 356 g/mol. The summed E-state index contributed by atoms with van der Waals surface area (Å²) in [4.78, 5) is 26.8. The van der Waals surface area contributed by atoms with E-state index >= 15 is 0 Å². The van der Waals surface area contributed by atoms with Crippen LogP contribution >= 0.6 is 0 Å². The zero-order chi connectivity index (χ0) is 20.4. The van der Waals surface area contributed by atoms with Gasteiger partial charge in [0.1, 0.15) is 5.60 Å². The van der Waals surface area contributed by atoms with Crippen LogP contribution in [0.3, 0.4) is 0 Å². The fourth-order valence-electron chi connectivity index (χ4n) is 5.18. The van der Waals surface area contributed by atoms with E-state index in [0.717, 1.165) is 57.9 Å². The van der Waals surface area contributed by atoms with Crippen molar-refractivity contribution in [2.45, 2.75) is 89.8 Å². The minimum atomic E-state index is -0.528. The minimum Gasteiger partial charge on any atom is -0.444 e. The normalized spacial score (nSPS) is 33.7. The van der Waals surface area contributed by atoms with E-state index in [2.05, 4.69) is 5.32 Å². The maximum absolute atomic E-state index is 13.0. The average Bonchev–Trinajstić information content (AvgIpc) is 2.64. The van der Waals surface area contributed by atoms with Crippen molar-refractivity contribution in [3.63, 3.8) is 0 Å². The first kappa shape index (κ1) is 21.4. The second-order valence-corrected chi connectivity index (χ2v) is 10.2. The second-order valence-electron chi connectivity index (χ2n) is 10.2. The van der Waals surface area contributed by atoms with Crippen molar-refractivity contribution in [1.82, 2.24) is 10.2 Å². The SMILES string of the molecule is CC(C)(C)OC(=O)NCC1CCC(C(=O)N2CC[C@]3(O)CCCC[C@H]3C2)CC1. The maximum Gasteiger partial charge on any atom is 0.407 e. The number of nitrogens with zero attached hydrogens (tertiary/aromatic N) is 1. The van der Waals surface area contributed by atoms with Gasteiger partial charge in [0.15, 0.2) is 0 Å². The van der Waals surface area contributed by atoms with Gasteiger partial charge in [0, 0.05) is 31.5 Å². The van der Waals surface area contributed by atoms with Gasteiger partial charge in [-0.2, -0.15) is 0 Å². The van der Waals surface area contributed by atoms with E-state index in [9.17, 15) is 14.7 Å². The summed E-state index contributed by atoms with van der Waals surface area (Å²) >= 11 is 0. The molecule has 1 aliphatic heterocycles. The quantitative estimate of drug-likeness (QED) is 0.768. The monoisotopic (exact) mass is 394 g/mol. The zero-order valence-corrected chi connectivity index (χ0v) is 17.8. The van der Waals surface area contributed by atoms with Gasteiger partial charge >= 0.3 is 6.09 Å². The molecule has 2 atom stereocenters. The van der Waals surface area contributed by atoms with Crippen LogP contribution in [0.15, 0.2) is 0 Å². The Bertz CT molecular complexity index is 565. The number of rotatable bonds is 3. The molecule has 0 aromatic heterocycles. The van der Waals surface area contributed by atoms with Crippen molar-refractivity contribution in [3.8, 4) is 0 Å². The van der Waals surface area contributed by atoms with Gasteiger partial charge in [-0.3, -0.25) is 4.79 Å². The highest BCUT2D eigenvalue weighted by Crippen LogP contribution is 2.40. The smallest absolute Gasteiger partial charge is 0.407 e. The number of hydrogen-bond donors (Lipinski definition) is 2. The molecule has 1 heterocycles. The fraction of sp³-hybridized carbons (Fsp3) is 0.909. The molecular formula is C22H38N2O4. The zero-order valence-electron chi connectivity index (χ0n) is 17.8. The first-order chi connectivity index (χ1) is 13.2. The molecule has 3 fully saturated rings. The topological polar surface area (TPSA) is 78.9 Å². The second kappa shape index (κ2) is 8.60. The number of carbonyl (C=O) groups excluding carboxylic acids is 2. The van der Waals surface area contributed by atoms with E-state index < -0.39 is 11.2 Å². The molecule has 2 N–H and O–H groups in total. The summed E-state index contributed by atoms with van der Waals surface area (Å²) in [6.07, 6.45) is 8.32. The highest BCUT2D eigenvalue weighted by Gasteiger charge is 2.44. The van der Waals surface area contributed by atoms with E-state index in [-0.39, 0.29) is 23.8 Å². The number of amides is 2. The number of nitrogens with one attached hydrogen (secondary N) is 1. The maximum atomic E-state index is 13.0. The van der Waals surface area contributed by atoms with Crippen LogP contribution in [0, 0.1) is 17.8 Å². The number of ether oxygens (including phenoxy) is 1. The van der Waals surface area contributed by atoms with E-state index in [4.69, 9.17) is 4.74 Å². The molecule has 2 aliphatic carbocycles. The average molecular weight is 395 g/mol. The predicted molar refractivity (Wildman–Crippen MR) is 108 cm³/mol. The van der Waals surface area contributed by atoms with Gasteiger partial charge < -0.3 is 20.1 Å². The van der Waals surface area contributed by atoms with Crippen LogP contribution < -0.4 is 5.32 Å². The van der Waals surface area contributed by atoms with Crippen molar-refractivity contribution in [1.29, 1.82) is 0 Å². The van der Waals surface area contributed by atoms with Crippen LogP contribution in [0.4, 0.5) is 4.79 Å². The molecule has 6 heteroatoms. The van der Waals surface area contributed by atoms with Crippen LogP contribution in [0.25, 0.3) is 0 Å². The van der Waals surface area contributed by atoms with E-state index in [1.54, 1.807) is 0 Å². The Kier molecular flexibility index (Phi) is 6.58. The Balaban J connectivity index is 1.41. The predicted octanol–water partition coefficient (Wildman–Crippen LogP) is 3.47. The summed E-state index contributed by atoms with van der Waals surface area (Å²) in [6.45, 7) is 7.63. The fourth-order valence-corrected chi connectivity index (χ4v) is 5.18. The van der Waals surface area contributed by atoms with Gasteiger partial charge in [-0.25, -0.2) is 4.79 Å². The van der Waals surface area contributed by atoms with Gasteiger partial charge in [0.2, 0.25) is 5.91 Å². The van der Waals surface area contributed by atoms with Gasteiger partial charge in [0.05, 0.1) is 5.60 Å². The molecule has 3 aliphatic rings. The van der Waals surface area contributed by atoms with Gasteiger partial charge in [-0.1, -0.05) is 12.8 Å². The molecule has 2 saturated carbocycles. The standard InChI is InChI=1S/C22H38N2O4/c1-21(2,3)28-20(26)23-14-16-7-9-17(10-8-16)19(25)24-13-12-22(27)11-5-4-6-18(22)15-24/h16-18,27H,4-15H2,1-3H3,(H,23,26)/t16?,17?,18-,22+/m0/s1. The summed E-state index contributed by atoms with van der Waals surface area (Å²) in [6, 6.07) is 0. The Hall–Kier alpha value is -1.30. The third kappa shape index (κ3) is 5.40. The number of aliphatic hydroxyl groups is 1. The van der Waals surface area contributed by atoms with Crippen LogP contribution in [0.5, 0.6) is 0 Å². The number of piperidine rings is 1. The number of carbonyl (C=O) groups is 2. The third-order valence-corrected chi connectivity index (χ3v) is 6.87. The highest BCUT2D eigenvalue weighted by molar-refractivity contribution is 5.79. The molecule has 0 radical (unpaired) electrons. The Morgan fingerprint density at radius 2 is 1.82 bits per heavy atom. The van der Waals surface area contributed by atoms with E-state index in [0.29, 0.717) is 19.0 Å². The number of alkyl carbamates (subject to hydrolysis) is 1. The molecule has 28 heavy (non-hydrogen) atoms. The Morgan fingerprint density at radius 1 is 1.11 bits per heavy atom. The van der Waals surface area contributed by atoms with Crippen molar-refractivity contribution < 1.29 is 19.4 Å². The van der Waals surface area contributed by atoms with E-state index in [1.165, 1.54) is 6.42 Å². The first-order valence-electron chi connectivity index (χ1n) is 11.1. The van der Waals surface area contributed by atoms with Crippen LogP contribution in [0.2, 0.25) is 0 Å². The molecule has 0 aromatic carbocycles. The minimum absolute atomic E-state index is 0.104. The summed E-state index contributed by atoms with van der Waals surface area (Å²) in [5.74, 6) is 1.06. The molecule has 1 saturated heterocycles. The molecule has 160 valence electrons.